The molecular formula is C13H15NO3. The molecule has 0 aromatic heterocycles. The lowest BCUT2D eigenvalue weighted by molar-refractivity contribution is -0.136. The molecule has 3 rings (SSSR count). The molecule has 2 atom stereocenters. The molecule has 4 heteroatoms. The van der Waals surface area contributed by atoms with E-state index in [1.165, 1.54) is 0 Å². The van der Waals surface area contributed by atoms with Gasteiger partial charge in [0.05, 0.1) is 13.2 Å². The summed E-state index contributed by atoms with van der Waals surface area (Å²) < 4.78 is 10.7. The Hall–Kier alpha value is -1.39. The highest BCUT2D eigenvalue weighted by Crippen LogP contribution is 2.39. The maximum atomic E-state index is 12.1. The average molecular weight is 233 g/mol. The van der Waals surface area contributed by atoms with Crippen LogP contribution in [0, 0.1) is 0 Å². The van der Waals surface area contributed by atoms with Crippen molar-refractivity contribution in [2.45, 2.75) is 12.2 Å². The summed E-state index contributed by atoms with van der Waals surface area (Å²) >= 11 is 0. The molecule has 0 N–H and O–H groups in total. The highest BCUT2D eigenvalue weighted by molar-refractivity contribution is 5.84. The molecule has 1 aromatic rings. The number of ether oxygens (including phenoxy) is 2. The third-order valence-corrected chi connectivity index (χ3v) is 3.19. The molecule has 2 heterocycles. The fraction of sp³-hybridized carbons (Fsp3) is 0.462. The van der Waals surface area contributed by atoms with Crippen LogP contribution in [-0.4, -0.2) is 43.2 Å². The molecule has 0 bridgehead atoms. The molecule has 0 radical (unpaired) electrons. The summed E-state index contributed by atoms with van der Waals surface area (Å²) in [6.07, 6.45) is -0.331. The number of morpholine rings is 1. The van der Waals surface area contributed by atoms with E-state index >= 15 is 0 Å². The van der Waals surface area contributed by atoms with Crippen LogP contribution in [0.1, 0.15) is 11.7 Å². The molecule has 0 aliphatic carbocycles. The predicted octanol–water partition coefficient (Wildman–Crippen LogP) is 0.985. The largest absolute Gasteiger partial charge is 0.378 e. The van der Waals surface area contributed by atoms with Crippen LogP contribution >= 0.6 is 0 Å². The highest BCUT2D eigenvalue weighted by atomic mass is 16.6. The van der Waals surface area contributed by atoms with Gasteiger partial charge in [-0.1, -0.05) is 30.3 Å². The van der Waals surface area contributed by atoms with Crippen LogP contribution in [-0.2, 0) is 14.3 Å². The van der Waals surface area contributed by atoms with Crippen molar-refractivity contribution >= 4 is 5.91 Å². The van der Waals surface area contributed by atoms with Gasteiger partial charge in [0.1, 0.15) is 6.10 Å². The predicted molar refractivity (Wildman–Crippen MR) is 61.5 cm³/mol. The van der Waals surface area contributed by atoms with Crippen molar-refractivity contribution in [2.24, 2.45) is 0 Å². The van der Waals surface area contributed by atoms with E-state index < -0.39 is 0 Å². The van der Waals surface area contributed by atoms with Gasteiger partial charge in [-0.25, -0.2) is 0 Å². The zero-order chi connectivity index (χ0) is 11.7. The molecule has 2 saturated heterocycles. The quantitative estimate of drug-likeness (QED) is 0.715. The Morgan fingerprint density at radius 2 is 1.88 bits per heavy atom. The van der Waals surface area contributed by atoms with Crippen molar-refractivity contribution < 1.29 is 14.3 Å². The third-order valence-electron chi connectivity index (χ3n) is 3.19. The molecule has 0 saturated carbocycles. The van der Waals surface area contributed by atoms with E-state index in [0.717, 1.165) is 5.56 Å². The van der Waals surface area contributed by atoms with Gasteiger partial charge in [0.15, 0.2) is 6.10 Å². The number of hydrogen-bond donors (Lipinski definition) is 0. The molecule has 2 aliphatic rings. The smallest absolute Gasteiger partial charge is 0.254 e. The Kier molecular flexibility index (Phi) is 2.82. The molecule has 2 aliphatic heterocycles. The van der Waals surface area contributed by atoms with Gasteiger partial charge >= 0.3 is 0 Å². The summed E-state index contributed by atoms with van der Waals surface area (Å²) in [5, 5.41) is 0. The first-order valence-corrected chi connectivity index (χ1v) is 5.93. The standard InChI is InChI=1S/C13H15NO3/c15-13(14-6-8-16-9-7-14)12-11(17-12)10-4-2-1-3-5-10/h1-5,11-12H,6-9H2/t11-,12?/m1/s1. The summed E-state index contributed by atoms with van der Waals surface area (Å²) in [7, 11) is 0. The van der Waals surface area contributed by atoms with Crippen molar-refractivity contribution in [3.05, 3.63) is 35.9 Å². The van der Waals surface area contributed by atoms with Crippen molar-refractivity contribution in [1.82, 2.24) is 4.90 Å². The SMILES string of the molecule is O=C(C1O[C@@H]1c1ccccc1)N1CCOCC1. The number of epoxide rings is 1. The van der Waals surface area contributed by atoms with Gasteiger partial charge in [-0.3, -0.25) is 4.79 Å². The Morgan fingerprint density at radius 1 is 1.18 bits per heavy atom. The summed E-state index contributed by atoms with van der Waals surface area (Å²) in [5.41, 5.74) is 1.08. The van der Waals surface area contributed by atoms with Crippen molar-refractivity contribution in [3.8, 4) is 0 Å². The Bertz CT molecular complexity index is 400. The molecule has 90 valence electrons. The monoisotopic (exact) mass is 233 g/mol. The van der Waals surface area contributed by atoms with Crippen LogP contribution in [0.25, 0.3) is 0 Å². The van der Waals surface area contributed by atoms with E-state index in [0.29, 0.717) is 26.3 Å². The number of nitrogens with zero attached hydrogens (tertiary/aromatic N) is 1. The molecular weight excluding hydrogens is 218 g/mol. The van der Waals surface area contributed by atoms with E-state index in [1.54, 1.807) is 0 Å². The van der Waals surface area contributed by atoms with E-state index in [1.807, 2.05) is 35.2 Å². The lowest BCUT2D eigenvalue weighted by atomic mass is 10.1. The van der Waals surface area contributed by atoms with E-state index in [2.05, 4.69) is 0 Å². The normalized spacial score (nSPS) is 27.9. The zero-order valence-corrected chi connectivity index (χ0v) is 9.54. The van der Waals surface area contributed by atoms with Gasteiger partial charge in [-0.2, -0.15) is 0 Å². The van der Waals surface area contributed by atoms with Gasteiger partial charge in [0.25, 0.3) is 5.91 Å². The number of hydrogen-bond acceptors (Lipinski definition) is 3. The first-order chi connectivity index (χ1) is 8.36. The Morgan fingerprint density at radius 3 is 2.59 bits per heavy atom. The Labute approximate surface area is 100 Å². The van der Waals surface area contributed by atoms with Crippen molar-refractivity contribution in [3.63, 3.8) is 0 Å². The second kappa shape index (κ2) is 4.47. The summed E-state index contributed by atoms with van der Waals surface area (Å²) in [6.45, 7) is 2.63. The minimum atomic E-state index is -0.282. The van der Waals surface area contributed by atoms with Gasteiger partial charge < -0.3 is 14.4 Å². The first kappa shape index (κ1) is 10.7. The Balaban J connectivity index is 1.62. The van der Waals surface area contributed by atoms with Crippen LogP contribution in [0.4, 0.5) is 0 Å². The number of amides is 1. The average Bonchev–Trinajstić information content (AvgIpc) is 3.20. The third kappa shape index (κ3) is 2.18. The van der Waals surface area contributed by atoms with E-state index in [9.17, 15) is 4.79 Å². The van der Waals surface area contributed by atoms with Crippen molar-refractivity contribution in [1.29, 1.82) is 0 Å². The molecule has 17 heavy (non-hydrogen) atoms. The zero-order valence-electron chi connectivity index (χ0n) is 9.54. The topological polar surface area (TPSA) is 42.1 Å². The van der Waals surface area contributed by atoms with E-state index in [-0.39, 0.29) is 18.1 Å². The number of carbonyl (C=O) groups is 1. The van der Waals surface area contributed by atoms with Gasteiger partial charge in [0, 0.05) is 13.1 Å². The lowest BCUT2D eigenvalue weighted by Gasteiger charge is -2.26. The fourth-order valence-electron chi connectivity index (χ4n) is 2.16. The van der Waals surface area contributed by atoms with Crippen LogP contribution in [0.2, 0.25) is 0 Å². The highest BCUT2D eigenvalue weighted by Gasteiger charge is 2.47. The number of carbonyl (C=O) groups excluding carboxylic acids is 1. The maximum Gasteiger partial charge on any atom is 0.254 e. The van der Waals surface area contributed by atoms with Gasteiger partial charge in [0.2, 0.25) is 0 Å². The molecule has 2 fully saturated rings. The first-order valence-electron chi connectivity index (χ1n) is 5.93. The van der Waals surface area contributed by atoms with Crippen molar-refractivity contribution in [2.75, 3.05) is 26.3 Å². The molecule has 0 spiro atoms. The number of benzene rings is 1. The van der Waals surface area contributed by atoms with Crippen LogP contribution in [0.3, 0.4) is 0 Å². The molecule has 1 aromatic carbocycles. The van der Waals surface area contributed by atoms with E-state index in [4.69, 9.17) is 9.47 Å². The fourth-order valence-corrected chi connectivity index (χ4v) is 2.16. The summed E-state index contributed by atoms with van der Waals surface area (Å²) in [4.78, 5) is 13.9. The lowest BCUT2D eigenvalue weighted by Crippen LogP contribution is -2.42. The minimum absolute atomic E-state index is 0.0495. The molecule has 1 amide bonds. The van der Waals surface area contributed by atoms with Crippen LogP contribution in [0.15, 0.2) is 30.3 Å². The summed E-state index contributed by atoms with van der Waals surface area (Å²) in [5.74, 6) is 0.0992. The van der Waals surface area contributed by atoms with Gasteiger partial charge in [-0.05, 0) is 5.56 Å². The second-order valence-corrected chi connectivity index (χ2v) is 4.33. The minimum Gasteiger partial charge on any atom is -0.378 e. The molecule has 1 unspecified atom stereocenters. The van der Waals surface area contributed by atoms with Gasteiger partial charge in [-0.15, -0.1) is 0 Å². The van der Waals surface area contributed by atoms with Crippen LogP contribution in [0.5, 0.6) is 0 Å². The maximum absolute atomic E-state index is 12.1. The second-order valence-electron chi connectivity index (χ2n) is 4.33. The summed E-state index contributed by atoms with van der Waals surface area (Å²) in [6, 6.07) is 9.89. The molecule has 4 nitrogen and oxygen atoms in total. The number of rotatable bonds is 2. The van der Waals surface area contributed by atoms with Crippen LogP contribution < -0.4 is 0 Å².